The Balaban J connectivity index is 1.91. The molecule has 1 N–H and O–H groups in total. The van der Waals surface area contributed by atoms with Crippen LogP contribution in [0.15, 0.2) is 0 Å². The van der Waals surface area contributed by atoms with E-state index in [0.29, 0.717) is 11.6 Å². The Kier molecular flexibility index (Phi) is 5.60. The van der Waals surface area contributed by atoms with Gasteiger partial charge in [-0.25, -0.2) is 4.79 Å². The number of hydrogen-bond acceptors (Lipinski definition) is 5. The third-order valence-corrected chi connectivity index (χ3v) is 4.72. The number of hydrogen-bond donors (Lipinski definition) is 1. The maximum absolute atomic E-state index is 12.5. The normalized spacial score (nSPS) is 26.8. The van der Waals surface area contributed by atoms with Crippen LogP contribution in [0.3, 0.4) is 0 Å². The highest BCUT2D eigenvalue weighted by Gasteiger charge is 2.38. The standard InChI is InChI=1S/C15H26N2O4S/c1-10(12-6-5-7-20-12)16-13(18)11-8-22-9-17(11)14(19)21-15(2,3)4/h10-12H,5-9H2,1-4H3,(H,16,18)/t10-,11+,12+/m0/s1. The van der Waals surface area contributed by atoms with Crippen molar-refractivity contribution in [3.8, 4) is 0 Å². The van der Waals surface area contributed by atoms with Crippen molar-refractivity contribution in [3.63, 3.8) is 0 Å². The first-order chi connectivity index (χ1) is 10.3. The second kappa shape index (κ2) is 7.08. The van der Waals surface area contributed by atoms with Gasteiger partial charge in [-0.2, -0.15) is 0 Å². The number of rotatable bonds is 3. The molecule has 0 aromatic carbocycles. The molecule has 2 amide bonds. The third-order valence-electron chi connectivity index (χ3n) is 3.71. The number of ether oxygens (including phenoxy) is 2. The van der Waals surface area contributed by atoms with Gasteiger partial charge < -0.3 is 14.8 Å². The van der Waals surface area contributed by atoms with Gasteiger partial charge in [0.15, 0.2) is 0 Å². The highest BCUT2D eigenvalue weighted by atomic mass is 32.2. The van der Waals surface area contributed by atoms with E-state index in [9.17, 15) is 9.59 Å². The van der Waals surface area contributed by atoms with Crippen molar-refractivity contribution in [2.75, 3.05) is 18.2 Å². The summed E-state index contributed by atoms with van der Waals surface area (Å²) in [5.41, 5.74) is -0.559. The third kappa shape index (κ3) is 4.52. The van der Waals surface area contributed by atoms with Crippen LogP contribution in [0, 0.1) is 0 Å². The molecule has 2 saturated heterocycles. The second-order valence-electron chi connectivity index (χ2n) is 6.81. The summed E-state index contributed by atoms with van der Waals surface area (Å²) < 4.78 is 11.0. The number of nitrogens with zero attached hydrogens (tertiary/aromatic N) is 1. The first kappa shape index (κ1) is 17.4. The molecule has 2 fully saturated rings. The molecule has 126 valence electrons. The van der Waals surface area contributed by atoms with Gasteiger partial charge in [0.25, 0.3) is 0 Å². The van der Waals surface area contributed by atoms with Crippen molar-refractivity contribution in [3.05, 3.63) is 0 Å². The highest BCUT2D eigenvalue weighted by molar-refractivity contribution is 7.99. The molecule has 0 aliphatic carbocycles. The predicted octanol–water partition coefficient (Wildman–Crippen LogP) is 1.98. The zero-order chi connectivity index (χ0) is 16.3. The molecule has 2 aliphatic rings. The summed E-state index contributed by atoms with van der Waals surface area (Å²) in [6.07, 6.45) is 1.65. The summed E-state index contributed by atoms with van der Waals surface area (Å²) in [7, 11) is 0. The van der Waals surface area contributed by atoms with Crippen molar-refractivity contribution in [1.29, 1.82) is 0 Å². The molecule has 0 bridgehead atoms. The van der Waals surface area contributed by atoms with Crippen molar-refractivity contribution < 1.29 is 19.1 Å². The Bertz CT molecular complexity index is 418. The number of nitrogens with one attached hydrogen (secondary N) is 1. The molecule has 0 aromatic heterocycles. The molecule has 2 rings (SSSR count). The first-order valence-electron chi connectivity index (χ1n) is 7.77. The maximum Gasteiger partial charge on any atom is 0.411 e. The molecule has 0 unspecified atom stereocenters. The predicted molar refractivity (Wildman–Crippen MR) is 85.8 cm³/mol. The SMILES string of the molecule is C[C@H](NC(=O)[C@H]1CSCN1C(=O)OC(C)(C)C)[C@H]1CCCO1. The van der Waals surface area contributed by atoms with Crippen molar-refractivity contribution in [2.24, 2.45) is 0 Å². The largest absolute Gasteiger partial charge is 0.444 e. The molecule has 2 heterocycles. The molecule has 0 aromatic rings. The van der Waals surface area contributed by atoms with E-state index in [1.807, 2.05) is 27.7 Å². The van der Waals surface area contributed by atoms with Gasteiger partial charge in [0.1, 0.15) is 11.6 Å². The number of amides is 2. The lowest BCUT2D eigenvalue weighted by molar-refractivity contribution is -0.126. The topological polar surface area (TPSA) is 67.9 Å². The van der Waals surface area contributed by atoms with E-state index >= 15 is 0 Å². The Morgan fingerprint density at radius 2 is 2.14 bits per heavy atom. The lowest BCUT2D eigenvalue weighted by Crippen LogP contribution is -2.52. The van der Waals surface area contributed by atoms with Crippen LogP contribution in [-0.4, -0.2) is 58.9 Å². The van der Waals surface area contributed by atoms with Crippen LogP contribution in [-0.2, 0) is 14.3 Å². The van der Waals surface area contributed by atoms with E-state index in [-0.39, 0.29) is 18.1 Å². The molecule has 3 atom stereocenters. The fourth-order valence-electron chi connectivity index (χ4n) is 2.57. The van der Waals surface area contributed by atoms with Gasteiger partial charge in [-0.3, -0.25) is 9.69 Å². The molecular weight excluding hydrogens is 304 g/mol. The van der Waals surface area contributed by atoms with Crippen molar-refractivity contribution in [2.45, 2.75) is 64.3 Å². The van der Waals surface area contributed by atoms with Crippen LogP contribution >= 0.6 is 11.8 Å². The molecule has 0 radical (unpaired) electrons. The van der Waals surface area contributed by atoms with Gasteiger partial charge in [0, 0.05) is 12.4 Å². The smallest absolute Gasteiger partial charge is 0.411 e. The van der Waals surface area contributed by atoms with E-state index < -0.39 is 17.7 Å². The number of thioether (sulfide) groups is 1. The fourth-order valence-corrected chi connectivity index (χ4v) is 3.71. The molecule has 22 heavy (non-hydrogen) atoms. The molecule has 0 saturated carbocycles. The summed E-state index contributed by atoms with van der Waals surface area (Å²) in [6.45, 7) is 8.18. The lowest BCUT2D eigenvalue weighted by Gasteiger charge is -2.28. The molecule has 7 heteroatoms. The Morgan fingerprint density at radius 3 is 2.73 bits per heavy atom. The summed E-state index contributed by atoms with van der Waals surface area (Å²) in [5, 5.41) is 2.98. The average molecular weight is 330 g/mol. The average Bonchev–Trinajstić information content (AvgIpc) is 3.08. The van der Waals surface area contributed by atoms with Crippen LogP contribution in [0.5, 0.6) is 0 Å². The summed E-state index contributed by atoms with van der Waals surface area (Å²) in [5.74, 6) is 0.962. The van der Waals surface area contributed by atoms with E-state index in [0.717, 1.165) is 19.4 Å². The Morgan fingerprint density at radius 1 is 1.41 bits per heavy atom. The van der Waals surface area contributed by atoms with Gasteiger partial charge in [0.05, 0.1) is 18.0 Å². The van der Waals surface area contributed by atoms with Gasteiger partial charge in [-0.1, -0.05) is 0 Å². The van der Waals surface area contributed by atoms with E-state index in [2.05, 4.69) is 5.32 Å². The van der Waals surface area contributed by atoms with E-state index in [1.165, 1.54) is 4.90 Å². The van der Waals surface area contributed by atoms with Gasteiger partial charge in [0.2, 0.25) is 5.91 Å². The van der Waals surface area contributed by atoms with E-state index in [4.69, 9.17) is 9.47 Å². The minimum Gasteiger partial charge on any atom is -0.444 e. The fraction of sp³-hybridized carbons (Fsp3) is 0.867. The molecule has 0 spiro atoms. The quantitative estimate of drug-likeness (QED) is 0.857. The van der Waals surface area contributed by atoms with Gasteiger partial charge in [-0.15, -0.1) is 11.8 Å². The number of carbonyl (C=O) groups excluding carboxylic acids is 2. The van der Waals surface area contributed by atoms with Crippen LogP contribution in [0.2, 0.25) is 0 Å². The summed E-state index contributed by atoms with van der Waals surface area (Å²) >= 11 is 1.57. The lowest BCUT2D eigenvalue weighted by atomic mass is 10.1. The van der Waals surface area contributed by atoms with Crippen molar-refractivity contribution in [1.82, 2.24) is 10.2 Å². The molecule has 2 aliphatic heterocycles. The zero-order valence-electron chi connectivity index (χ0n) is 13.8. The van der Waals surface area contributed by atoms with Crippen molar-refractivity contribution >= 4 is 23.8 Å². The van der Waals surface area contributed by atoms with Crippen LogP contribution in [0.4, 0.5) is 4.79 Å². The summed E-state index contributed by atoms with van der Waals surface area (Å²) in [4.78, 5) is 26.2. The Hall–Kier alpha value is -0.950. The van der Waals surface area contributed by atoms with Crippen LogP contribution < -0.4 is 5.32 Å². The second-order valence-corrected chi connectivity index (χ2v) is 7.81. The minimum absolute atomic E-state index is 0.0407. The molecular formula is C15H26N2O4S. The first-order valence-corrected chi connectivity index (χ1v) is 8.93. The monoisotopic (exact) mass is 330 g/mol. The Labute approximate surface area is 136 Å². The zero-order valence-corrected chi connectivity index (χ0v) is 14.6. The van der Waals surface area contributed by atoms with Gasteiger partial charge >= 0.3 is 6.09 Å². The van der Waals surface area contributed by atoms with Crippen LogP contribution in [0.25, 0.3) is 0 Å². The highest BCUT2D eigenvalue weighted by Crippen LogP contribution is 2.24. The van der Waals surface area contributed by atoms with E-state index in [1.54, 1.807) is 11.8 Å². The van der Waals surface area contributed by atoms with Crippen LogP contribution in [0.1, 0.15) is 40.5 Å². The minimum atomic E-state index is -0.559. The summed E-state index contributed by atoms with van der Waals surface area (Å²) in [6, 6.07) is -0.509. The number of carbonyl (C=O) groups is 2. The maximum atomic E-state index is 12.5. The van der Waals surface area contributed by atoms with Gasteiger partial charge in [-0.05, 0) is 40.5 Å². The molecule has 6 nitrogen and oxygen atoms in total.